The van der Waals surface area contributed by atoms with Gasteiger partial charge in [-0.1, -0.05) is 5.16 Å². The minimum atomic E-state index is -0.275. The van der Waals surface area contributed by atoms with Gasteiger partial charge >= 0.3 is 0 Å². The summed E-state index contributed by atoms with van der Waals surface area (Å²) in [6, 6.07) is 1.59. The lowest BCUT2D eigenvalue weighted by Crippen LogP contribution is -2.41. The summed E-state index contributed by atoms with van der Waals surface area (Å²) in [6.07, 6.45) is 7.89. The molecule has 4 atom stereocenters. The van der Waals surface area contributed by atoms with Crippen LogP contribution in [-0.4, -0.2) is 68.0 Å². The number of aryl methyl sites for hydroxylation is 1. The molecular weight excluding hydrogens is 376 g/mol. The minimum absolute atomic E-state index is 0.0366. The molecule has 10 nitrogen and oxygen atoms in total. The Hall–Kier alpha value is -2.75. The molecule has 29 heavy (non-hydrogen) atoms. The third-order valence-electron chi connectivity index (χ3n) is 6.51. The van der Waals surface area contributed by atoms with Crippen molar-refractivity contribution < 1.29 is 18.8 Å². The Morgan fingerprint density at radius 1 is 1.38 bits per heavy atom. The molecule has 5 heterocycles. The number of nitrogens with one attached hydrogen (secondary N) is 1. The standard InChI is InChI=1S/C19H24N6O4/c26-17(2-1-7-25-12-20-11-22-25)21-8-13-14-9-24(18(27)16-4-6-23-29-16)10-19(14)5-3-15(13)28-19/h4,6,11-15H,1-3,5,7-10H2,(H,21,26)/t13-,14+,15+,19+/m0/s1. The molecule has 3 aliphatic heterocycles. The van der Waals surface area contributed by atoms with Crippen LogP contribution in [0, 0.1) is 11.8 Å². The zero-order valence-electron chi connectivity index (χ0n) is 16.1. The van der Waals surface area contributed by atoms with Crippen LogP contribution in [0.15, 0.2) is 29.4 Å². The molecule has 3 aliphatic rings. The Labute approximate surface area is 167 Å². The van der Waals surface area contributed by atoms with Gasteiger partial charge in [0, 0.05) is 44.0 Å². The highest BCUT2D eigenvalue weighted by Crippen LogP contribution is 2.54. The van der Waals surface area contributed by atoms with Crippen molar-refractivity contribution >= 4 is 11.8 Å². The van der Waals surface area contributed by atoms with Crippen molar-refractivity contribution in [1.82, 2.24) is 30.1 Å². The van der Waals surface area contributed by atoms with Crippen molar-refractivity contribution in [2.24, 2.45) is 11.8 Å². The molecule has 3 saturated heterocycles. The molecule has 5 rings (SSSR count). The number of amides is 2. The van der Waals surface area contributed by atoms with Crippen LogP contribution in [0.2, 0.25) is 0 Å². The van der Waals surface area contributed by atoms with Crippen LogP contribution in [0.25, 0.3) is 0 Å². The maximum atomic E-state index is 12.7. The summed E-state index contributed by atoms with van der Waals surface area (Å²) < 4.78 is 13.1. The van der Waals surface area contributed by atoms with Crippen LogP contribution in [0.3, 0.4) is 0 Å². The molecule has 2 aromatic rings. The lowest BCUT2D eigenvalue weighted by Gasteiger charge is -2.29. The number of ether oxygens (including phenoxy) is 1. The lowest BCUT2D eigenvalue weighted by atomic mass is 9.73. The quantitative estimate of drug-likeness (QED) is 0.719. The van der Waals surface area contributed by atoms with Crippen LogP contribution in [0.4, 0.5) is 0 Å². The van der Waals surface area contributed by atoms with Gasteiger partial charge in [0.05, 0.1) is 24.4 Å². The fourth-order valence-corrected chi connectivity index (χ4v) is 5.17. The zero-order chi connectivity index (χ0) is 19.8. The van der Waals surface area contributed by atoms with Crippen molar-refractivity contribution in [2.45, 2.75) is 43.9 Å². The highest BCUT2D eigenvalue weighted by Gasteiger charge is 2.63. The minimum Gasteiger partial charge on any atom is -0.369 e. The van der Waals surface area contributed by atoms with E-state index in [0.29, 0.717) is 39.0 Å². The van der Waals surface area contributed by atoms with E-state index in [2.05, 4.69) is 20.6 Å². The van der Waals surface area contributed by atoms with Gasteiger partial charge in [-0.15, -0.1) is 0 Å². The molecule has 2 amide bonds. The van der Waals surface area contributed by atoms with Crippen molar-refractivity contribution in [3.8, 4) is 0 Å². The summed E-state index contributed by atoms with van der Waals surface area (Å²) in [5, 5.41) is 10.7. The third-order valence-corrected chi connectivity index (χ3v) is 6.51. The Morgan fingerprint density at radius 2 is 2.31 bits per heavy atom. The molecule has 2 aromatic heterocycles. The van der Waals surface area contributed by atoms with Crippen molar-refractivity contribution in [3.63, 3.8) is 0 Å². The highest BCUT2D eigenvalue weighted by molar-refractivity contribution is 5.91. The molecule has 0 saturated carbocycles. The molecule has 0 aliphatic carbocycles. The van der Waals surface area contributed by atoms with E-state index in [4.69, 9.17) is 9.26 Å². The monoisotopic (exact) mass is 400 g/mol. The average Bonchev–Trinajstić information content (AvgIpc) is 3.52. The molecule has 2 bridgehead atoms. The molecule has 0 unspecified atom stereocenters. The number of nitrogens with zero attached hydrogens (tertiary/aromatic N) is 5. The van der Waals surface area contributed by atoms with Gasteiger partial charge in [0.2, 0.25) is 11.7 Å². The number of likely N-dealkylation sites (tertiary alicyclic amines) is 1. The number of carbonyl (C=O) groups is 2. The van der Waals surface area contributed by atoms with Gasteiger partial charge in [-0.3, -0.25) is 14.3 Å². The van der Waals surface area contributed by atoms with Gasteiger partial charge in [-0.05, 0) is 19.3 Å². The van der Waals surface area contributed by atoms with Gasteiger partial charge < -0.3 is 19.5 Å². The fourth-order valence-electron chi connectivity index (χ4n) is 5.17. The molecule has 10 heteroatoms. The molecular formula is C19H24N6O4. The third kappa shape index (κ3) is 3.31. The zero-order valence-corrected chi connectivity index (χ0v) is 16.1. The first-order valence-electron chi connectivity index (χ1n) is 10.1. The second-order valence-corrected chi connectivity index (χ2v) is 8.16. The van der Waals surface area contributed by atoms with Crippen LogP contribution in [0.5, 0.6) is 0 Å². The number of hydrogen-bond acceptors (Lipinski definition) is 7. The van der Waals surface area contributed by atoms with Crippen LogP contribution in [0.1, 0.15) is 36.2 Å². The van der Waals surface area contributed by atoms with Gasteiger partial charge in [0.15, 0.2) is 0 Å². The van der Waals surface area contributed by atoms with Crippen LogP contribution in [-0.2, 0) is 16.1 Å². The first-order valence-corrected chi connectivity index (χ1v) is 10.1. The van der Waals surface area contributed by atoms with Crippen molar-refractivity contribution in [2.75, 3.05) is 19.6 Å². The van der Waals surface area contributed by atoms with Gasteiger partial charge in [-0.25, -0.2) is 4.98 Å². The second-order valence-electron chi connectivity index (χ2n) is 8.16. The van der Waals surface area contributed by atoms with Gasteiger partial charge in [-0.2, -0.15) is 5.10 Å². The normalized spacial score (nSPS) is 29.9. The number of hydrogen-bond donors (Lipinski definition) is 1. The van der Waals surface area contributed by atoms with Gasteiger partial charge in [0.1, 0.15) is 12.7 Å². The van der Waals surface area contributed by atoms with E-state index in [9.17, 15) is 9.59 Å². The molecule has 0 radical (unpaired) electrons. The van der Waals surface area contributed by atoms with E-state index in [1.807, 2.05) is 0 Å². The Kier molecular flexibility index (Phi) is 4.57. The summed E-state index contributed by atoms with van der Waals surface area (Å²) in [5.74, 6) is 0.621. The molecule has 3 fully saturated rings. The second kappa shape index (κ2) is 7.25. The Morgan fingerprint density at radius 3 is 3.10 bits per heavy atom. The van der Waals surface area contributed by atoms with E-state index in [1.54, 1.807) is 22.0 Å². The predicted molar refractivity (Wildman–Crippen MR) is 98.5 cm³/mol. The van der Waals surface area contributed by atoms with E-state index in [-0.39, 0.29) is 41.1 Å². The maximum absolute atomic E-state index is 12.7. The topological polar surface area (TPSA) is 115 Å². The fraction of sp³-hybridized carbons (Fsp3) is 0.632. The van der Waals surface area contributed by atoms with E-state index >= 15 is 0 Å². The summed E-state index contributed by atoms with van der Waals surface area (Å²) in [6.45, 7) is 2.47. The number of fused-ring (bicyclic) bond motifs is 1. The van der Waals surface area contributed by atoms with E-state index in [1.165, 1.54) is 12.5 Å². The number of rotatable bonds is 7. The van der Waals surface area contributed by atoms with Crippen LogP contribution < -0.4 is 5.32 Å². The first-order chi connectivity index (χ1) is 14.1. The summed E-state index contributed by atoms with van der Waals surface area (Å²) >= 11 is 0. The highest BCUT2D eigenvalue weighted by atomic mass is 16.5. The summed E-state index contributed by atoms with van der Waals surface area (Å²) in [5.41, 5.74) is -0.275. The number of aromatic nitrogens is 4. The molecule has 154 valence electrons. The largest absolute Gasteiger partial charge is 0.369 e. The predicted octanol–water partition coefficient (Wildman–Crippen LogP) is 0.482. The summed E-state index contributed by atoms with van der Waals surface area (Å²) in [4.78, 5) is 30.6. The Balaban J connectivity index is 1.15. The lowest BCUT2D eigenvalue weighted by molar-refractivity contribution is -0.121. The van der Waals surface area contributed by atoms with E-state index in [0.717, 1.165) is 12.8 Å². The summed E-state index contributed by atoms with van der Waals surface area (Å²) in [7, 11) is 0. The Bertz CT molecular complexity index is 869. The van der Waals surface area contributed by atoms with E-state index < -0.39 is 0 Å². The average molecular weight is 400 g/mol. The molecule has 0 aromatic carbocycles. The SMILES string of the molecule is O=C(CCCn1cncn1)NC[C@H]1[C@H]2CN(C(=O)c3ccno3)C[C@]23CC[C@H]1O3. The van der Waals surface area contributed by atoms with Gasteiger partial charge in [0.25, 0.3) is 5.91 Å². The van der Waals surface area contributed by atoms with Crippen molar-refractivity contribution in [3.05, 3.63) is 30.7 Å². The molecule has 1 spiro atoms. The van der Waals surface area contributed by atoms with Crippen LogP contribution >= 0.6 is 0 Å². The number of carbonyl (C=O) groups excluding carboxylic acids is 2. The maximum Gasteiger partial charge on any atom is 0.292 e. The first kappa shape index (κ1) is 18.3. The smallest absolute Gasteiger partial charge is 0.292 e. The molecule has 1 N–H and O–H groups in total. The van der Waals surface area contributed by atoms with Crippen molar-refractivity contribution in [1.29, 1.82) is 0 Å².